The number of aromatic nitrogens is 1. The lowest BCUT2D eigenvalue weighted by atomic mass is 9.92. The number of piperidine rings is 1. The molecule has 1 aromatic rings. The predicted molar refractivity (Wildman–Crippen MR) is 80.8 cm³/mol. The van der Waals surface area contributed by atoms with E-state index in [2.05, 4.69) is 29.5 Å². The smallest absolute Gasteiger partial charge is 0.223 e. The molecule has 0 saturated carbocycles. The van der Waals surface area contributed by atoms with E-state index in [0.29, 0.717) is 12.6 Å². The first-order valence-electron chi connectivity index (χ1n) is 6.63. The summed E-state index contributed by atoms with van der Waals surface area (Å²) < 4.78 is 0. The van der Waals surface area contributed by atoms with E-state index in [-0.39, 0.29) is 24.2 Å². The molecule has 1 aromatic heterocycles. The van der Waals surface area contributed by atoms with E-state index < -0.39 is 0 Å². The van der Waals surface area contributed by atoms with Gasteiger partial charge in [-0.1, -0.05) is 6.92 Å². The van der Waals surface area contributed by atoms with Gasteiger partial charge in [-0.05, 0) is 32.7 Å². The second kappa shape index (κ2) is 7.82. The molecule has 0 spiro atoms. The third-order valence-corrected chi connectivity index (χ3v) is 4.38. The molecule has 1 amide bonds. The monoisotopic (exact) mass is 303 g/mol. The number of rotatable bonds is 4. The summed E-state index contributed by atoms with van der Waals surface area (Å²) >= 11 is 1.66. The molecule has 108 valence electrons. The molecule has 19 heavy (non-hydrogen) atoms. The molecule has 4 nitrogen and oxygen atoms in total. The number of hydrogen-bond acceptors (Lipinski definition) is 4. The summed E-state index contributed by atoms with van der Waals surface area (Å²) in [4.78, 5) is 16.5. The van der Waals surface area contributed by atoms with Crippen molar-refractivity contribution in [3.63, 3.8) is 0 Å². The van der Waals surface area contributed by atoms with Crippen LogP contribution in [-0.4, -0.2) is 23.5 Å². The maximum absolute atomic E-state index is 12.0. The molecule has 2 N–H and O–H groups in total. The van der Waals surface area contributed by atoms with Crippen LogP contribution < -0.4 is 10.6 Å². The van der Waals surface area contributed by atoms with E-state index in [1.165, 1.54) is 0 Å². The lowest BCUT2D eigenvalue weighted by Crippen LogP contribution is -2.42. The maximum Gasteiger partial charge on any atom is 0.223 e. The quantitative estimate of drug-likeness (QED) is 0.896. The van der Waals surface area contributed by atoms with Crippen LogP contribution >= 0.6 is 23.7 Å². The van der Waals surface area contributed by atoms with Crippen LogP contribution in [0.25, 0.3) is 0 Å². The highest BCUT2D eigenvalue weighted by molar-refractivity contribution is 7.09. The number of aryl methyl sites for hydroxylation is 1. The van der Waals surface area contributed by atoms with Gasteiger partial charge in [-0.25, -0.2) is 4.98 Å². The minimum atomic E-state index is 0. The van der Waals surface area contributed by atoms with Crippen molar-refractivity contribution in [1.82, 2.24) is 15.6 Å². The molecule has 2 atom stereocenters. The van der Waals surface area contributed by atoms with Gasteiger partial charge in [-0.2, -0.15) is 0 Å². The largest absolute Gasteiger partial charge is 0.350 e. The first kappa shape index (κ1) is 16.4. The molecule has 0 unspecified atom stereocenters. The second-order valence-corrected chi connectivity index (χ2v) is 5.82. The van der Waals surface area contributed by atoms with Crippen molar-refractivity contribution >= 4 is 29.7 Å². The Morgan fingerprint density at radius 3 is 3.05 bits per heavy atom. The van der Waals surface area contributed by atoms with Crippen molar-refractivity contribution in [3.05, 3.63) is 16.1 Å². The van der Waals surface area contributed by atoms with Gasteiger partial charge < -0.3 is 10.6 Å². The highest BCUT2D eigenvalue weighted by Crippen LogP contribution is 2.16. The Kier molecular flexibility index (Phi) is 6.75. The third-order valence-electron chi connectivity index (χ3n) is 3.34. The molecule has 1 aliphatic rings. The minimum Gasteiger partial charge on any atom is -0.350 e. The number of halogens is 1. The molecule has 6 heteroatoms. The van der Waals surface area contributed by atoms with E-state index in [9.17, 15) is 4.79 Å². The molecule has 1 aliphatic heterocycles. The Hall–Kier alpha value is -0.650. The fourth-order valence-electron chi connectivity index (χ4n) is 2.28. The first-order chi connectivity index (χ1) is 8.69. The number of nitrogens with one attached hydrogen (secondary N) is 2. The van der Waals surface area contributed by atoms with Gasteiger partial charge in [0, 0.05) is 17.3 Å². The zero-order valence-corrected chi connectivity index (χ0v) is 13.1. The molecule has 2 heterocycles. The van der Waals surface area contributed by atoms with Gasteiger partial charge in [0.15, 0.2) is 0 Å². The predicted octanol–water partition coefficient (Wildman–Crippen LogP) is 2.13. The van der Waals surface area contributed by atoms with Crippen LogP contribution in [0.2, 0.25) is 0 Å². The molecule has 1 fully saturated rings. The SMILES string of the molecule is CCc1nc(CNC(=O)[C@H]2CCN[C@@H](C)C2)cs1.Cl. The maximum atomic E-state index is 12.0. The van der Waals surface area contributed by atoms with Crippen LogP contribution in [0, 0.1) is 5.92 Å². The molecular weight excluding hydrogens is 282 g/mol. The summed E-state index contributed by atoms with van der Waals surface area (Å²) in [6.07, 6.45) is 2.83. The fraction of sp³-hybridized carbons (Fsp3) is 0.692. The standard InChI is InChI=1S/C13H21N3OS.ClH/c1-3-12-16-11(8-18-12)7-15-13(17)10-4-5-14-9(2)6-10;/h8-10,14H,3-7H2,1-2H3,(H,15,17);1H/t9-,10-;/m0./s1. The van der Waals surface area contributed by atoms with Crippen molar-refractivity contribution in [2.75, 3.05) is 6.54 Å². The number of hydrogen-bond donors (Lipinski definition) is 2. The van der Waals surface area contributed by atoms with Crippen LogP contribution in [0.1, 0.15) is 37.4 Å². The third kappa shape index (κ3) is 4.75. The summed E-state index contributed by atoms with van der Waals surface area (Å²) in [6.45, 7) is 5.73. The van der Waals surface area contributed by atoms with Gasteiger partial charge in [0.2, 0.25) is 5.91 Å². The van der Waals surface area contributed by atoms with Gasteiger partial charge >= 0.3 is 0 Å². The van der Waals surface area contributed by atoms with Gasteiger partial charge in [-0.3, -0.25) is 4.79 Å². The van der Waals surface area contributed by atoms with E-state index >= 15 is 0 Å². The van der Waals surface area contributed by atoms with Crippen molar-refractivity contribution < 1.29 is 4.79 Å². The van der Waals surface area contributed by atoms with Gasteiger partial charge in [0.25, 0.3) is 0 Å². The van der Waals surface area contributed by atoms with E-state index in [4.69, 9.17) is 0 Å². The Balaban J connectivity index is 0.00000180. The van der Waals surface area contributed by atoms with Crippen molar-refractivity contribution in [1.29, 1.82) is 0 Å². The Bertz CT molecular complexity index is 410. The van der Waals surface area contributed by atoms with E-state index in [0.717, 1.165) is 36.5 Å². The number of amides is 1. The number of carbonyl (C=O) groups is 1. The molecule has 0 aromatic carbocycles. The van der Waals surface area contributed by atoms with Crippen molar-refractivity contribution in [2.45, 2.75) is 45.7 Å². The van der Waals surface area contributed by atoms with Crippen LogP contribution in [0.4, 0.5) is 0 Å². The molecule has 1 saturated heterocycles. The van der Waals surface area contributed by atoms with Crippen LogP contribution in [0.15, 0.2) is 5.38 Å². The summed E-state index contributed by atoms with van der Waals surface area (Å²) in [5.41, 5.74) is 0.979. The van der Waals surface area contributed by atoms with Crippen molar-refractivity contribution in [3.8, 4) is 0 Å². The topological polar surface area (TPSA) is 54.0 Å². The van der Waals surface area contributed by atoms with Gasteiger partial charge in [0.1, 0.15) is 0 Å². The zero-order chi connectivity index (χ0) is 13.0. The van der Waals surface area contributed by atoms with E-state index in [1.54, 1.807) is 11.3 Å². The lowest BCUT2D eigenvalue weighted by molar-refractivity contribution is -0.126. The summed E-state index contributed by atoms with van der Waals surface area (Å²) in [7, 11) is 0. The normalized spacial score (nSPS) is 22.6. The molecule has 2 rings (SSSR count). The average Bonchev–Trinajstić information content (AvgIpc) is 2.84. The van der Waals surface area contributed by atoms with Gasteiger partial charge in [-0.15, -0.1) is 23.7 Å². The Labute approximate surface area is 124 Å². The Morgan fingerprint density at radius 1 is 1.63 bits per heavy atom. The molecular formula is C13H22ClN3OS. The Morgan fingerprint density at radius 2 is 2.42 bits per heavy atom. The van der Waals surface area contributed by atoms with Crippen LogP contribution in [0.3, 0.4) is 0 Å². The molecule has 0 bridgehead atoms. The number of thiazole rings is 1. The second-order valence-electron chi connectivity index (χ2n) is 4.88. The molecule has 0 radical (unpaired) electrons. The van der Waals surface area contributed by atoms with Crippen molar-refractivity contribution in [2.24, 2.45) is 5.92 Å². The molecule has 0 aliphatic carbocycles. The summed E-state index contributed by atoms with van der Waals surface area (Å²) in [5, 5.41) is 9.53. The highest BCUT2D eigenvalue weighted by atomic mass is 35.5. The number of nitrogens with zero attached hydrogens (tertiary/aromatic N) is 1. The zero-order valence-electron chi connectivity index (χ0n) is 11.4. The summed E-state index contributed by atoms with van der Waals surface area (Å²) in [6, 6.07) is 0.445. The number of carbonyl (C=O) groups excluding carboxylic acids is 1. The highest BCUT2D eigenvalue weighted by Gasteiger charge is 2.24. The lowest BCUT2D eigenvalue weighted by Gasteiger charge is -2.26. The first-order valence-corrected chi connectivity index (χ1v) is 7.51. The van der Waals surface area contributed by atoms with E-state index in [1.807, 2.05) is 5.38 Å². The summed E-state index contributed by atoms with van der Waals surface area (Å²) in [5.74, 6) is 0.333. The van der Waals surface area contributed by atoms with Crippen LogP contribution in [0.5, 0.6) is 0 Å². The average molecular weight is 304 g/mol. The minimum absolute atomic E-state index is 0. The van der Waals surface area contributed by atoms with Gasteiger partial charge in [0.05, 0.1) is 17.2 Å². The van der Waals surface area contributed by atoms with Crippen LogP contribution in [-0.2, 0) is 17.8 Å². The fourth-order valence-corrected chi connectivity index (χ4v) is 3.03.